The van der Waals surface area contributed by atoms with Crippen molar-refractivity contribution in [3.05, 3.63) is 0 Å². The van der Waals surface area contributed by atoms with E-state index in [4.69, 9.17) is 11.6 Å². The van der Waals surface area contributed by atoms with E-state index in [1.807, 2.05) is 0 Å². The zero-order valence-corrected chi connectivity index (χ0v) is 11.3. The van der Waals surface area contributed by atoms with Crippen LogP contribution in [0.3, 0.4) is 0 Å². The second-order valence-corrected chi connectivity index (χ2v) is 5.52. The quantitative estimate of drug-likeness (QED) is 0.630. The average molecular weight is 246 g/mol. The lowest BCUT2D eigenvalue weighted by molar-refractivity contribution is -0.135. The maximum absolute atomic E-state index is 12.1. The van der Waals surface area contributed by atoms with Gasteiger partial charge in [0.25, 0.3) is 0 Å². The largest absolute Gasteiger partial charge is 0.340 e. The summed E-state index contributed by atoms with van der Waals surface area (Å²) in [5.41, 5.74) is 0. The Bertz CT molecular complexity index is 214. The van der Waals surface area contributed by atoms with Crippen LogP contribution in [0.2, 0.25) is 0 Å². The molecular weight excluding hydrogens is 222 g/mol. The summed E-state index contributed by atoms with van der Waals surface area (Å²) in [5, 5.41) is 0. The summed E-state index contributed by atoms with van der Waals surface area (Å²) < 4.78 is 0. The molecule has 1 aliphatic rings. The van der Waals surface area contributed by atoms with Gasteiger partial charge in [-0.25, -0.2) is 0 Å². The fourth-order valence-electron chi connectivity index (χ4n) is 2.00. The van der Waals surface area contributed by atoms with Crippen LogP contribution in [0.4, 0.5) is 0 Å². The van der Waals surface area contributed by atoms with Crippen molar-refractivity contribution < 1.29 is 4.79 Å². The molecule has 0 aliphatic heterocycles. The predicted octanol–water partition coefficient (Wildman–Crippen LogP) is 3.43. The molecule has 0 atom stereocenters. The molecule has 1 fully saturated rings. The van der Waals surface area contributed by atoms with Crippen LogP contribution >= 0.6 is 11.6 Å². The van der Waals surface area contributed by atoms with Crippen LogP contribution in [0.25, 0.3) is 0 Å². The lowest BCUT2D eigenvalue weighted by atomic mass is 9.91. The fraction of sp³-hybridized carbons (Fsp3) is 0.923. The first-order valence-electron chi connectivity index (χ1n) is 6.50. The summed E-state index contributed by atoms with van der Waals surface area (Å²) in [4.78, 5) is 14.1. The van der Waals surface area contributed by atoms with Crippen molar-refractivity contribution in [3.8, 4) is 0 Å². The molecule has 0 unspecified atom stereocenters. The van der Waals surface area contributed by atoms with Crippen LogP contribution in [0.1, 0.15) is 52.4 Å². The van der Waals surface area contributed by atoms with E-state index < -0.39 is 0 Å². The molecule has 1 saturated carbocycles. The van der Waals surface area contributed by atoms with Crippen LogP contribution < -0.4 is 0 Å². The van der Waals surface area contributed by atoms with Gasteiger partial charge in [-0.05, 0) is 38.0 Å². The SMILES string of the molecule is CC(C)CCC(=O)N(CCCCl)C1CCC1. The summed E-state index contributed by atoms with van der Waals surface area (Å²) in [6, 6.07) is 0.517. The Morgan fingerprint density at radius 1 is 1.44 bits per heavy atom. The van der Waals surface area contributed by atoms with Crippen molar-refractivity contribution in [2.24, 2.45) is 5.92 Å². The molecule has 0 aromatic carbocycles. The molecule has 0 N–H and O–H groups in total. The molecule has 94 valence electrons. The first-order valence-corrected chi connectivity index (χ1v) is 7.04. The molecule has 0 aromatic rings. The maximum atomic E-state index is 12.1. The van der Waals surface area contributed by atoms with E-state index in [1.165, 1.54) is 19.3 Å². The first kappa shape index (κ1) is 13.8. The van der Waals surface area contributed by atoms with Crippen LogP contribution in [-0.2, 0) is 4.79 Å². The number of hydrogen-bond donors (Lipinski definition) is 0. The smallest absolute Gasteiger partial charge is 0.222 e. The van der Waals surface area contributed by atoms with E-state index in [0.29, 0.717) is 30.2 Å². The number of hydrogen-bond acceptors (Lipinski definition) is 1. The number of amides is 1. The summed E-state index contributed by atoms with van der Waals surface area (Å²) in [7, 11) is 0. The minimum Gasteiger partial charge on any atom is -0.340 e. The van der Waals surface area contributed by atoms with Crippen LogP contribution in [0.15, 0.2) is 0 Å². The van der Waals surface area contributed by atoms with Crippen molar-refractivity contribution >= 4 is 17.5 Å². The Hall–Kier alpha value is -0.240. The third kappa shape index (κ3) is 4.32. The Kier molecular flexibility index (Phi) is 6.18. The lowest BCUT2D eigenvalue weighted by Crippen LogP contribution is -2.44. The number of carbonyl (C=O) groups is 1. The maximum Gasteiger partial charge on any atom is 0.222 e. The van der Waals surface area contributed by atoms with Gasteiger partial charge in [0.15, 0.2) is 0 Å². The molecule has 0 bridgehead atoms. The van der Waals surface area contributed by atoms with Crippen molar-refractivity contribution in [1.29, 1.82) is 0 Å². The Morgan fingerprint density at radius 2 is 2.12 bits per heavy atom. The summed E-state index contributed by atoms with van der Waals surface area (Å²) in [6.07, 6.45) is 6.29. The van der Waals surface area contributed by atoms with Gasteiger partial charge < -0.3 is 4.90 Å². The normalized spacial score (nSPS) is 16.2. The minimum atomic E-state index is 0.337. The molecule has 0 aromatic heterocycles. The van der Waals surface area contributed by atoms with E-state index in [2.05, 4.69) is 18.7 Å². The summed E-state index contributed by atoms with van der Waals surface area (Å²) in [5.74, 6) is 1.60. The summed E-state index contributed by atoms with van der Waals surface area (Å²) in [6.45, 7) is 5.19. The van der Waals surface area contributed by atoms with Crippen LogP contribution in [-0.4, -0.2) is 29.3 Å². The molecule has 1 aliphatic carbocycles. The number of nitrogens with zero attached hydrogens (tertiary/aromatic N) is 1. The lowest BCUT2D eigenvalue weighted by Gasteiger charge is -2.37. The van der Waals surface area contributed by atoms with Gasteiger partial charge in [0.2, 0.25) is 5.91 Å². The van der Waals surface area contributed by atoms with E-state index in [9.17, 15) is 4.79 Å². The molecule has 0 heterocycles. The van der Waals surface area contributed by atoms with E-state index in [0.717, 1.165) is 19.4 Å². The Morgan fingerprint density at radius 3 is 2.56 bits per heavy atom. The number of alkyl halides is 1. The fourth-order valence-corrected chi connectivity index (χ4v) is 2.11. The molecular formula is C13H24ClNO. The molecule has 3 heteroatoms. The molecule has 0 radical (unpaired) electrons. The zero-order chi connectivity index (χ0) is 12.0. The standard InChI is InChI=1S/C13H24ClNO/c1-11(2)7-8-13(16)15(10-4-9-14)12-5-3-6-12/h11-12H,3-10H2,1-2H3. The Balaban J connectivity index is 2.37. The number of carbonyl (C=O) groups excluding carboxylic acids is 1. The second-order valence-electron chi connectivity index (χ2n) is 5.15. The van der Waals surface area contributed by atoms with E-state index >= 15 is 0 Å². The highest BCUT2D eigenvalue weighted by Crippen LogP contribution is 2.26. The van der Waals surface area contributed by atoms with Gasteiger partial charge in [0, 0.05) is 24.9 Å². The number of rotatable bonds is 7. The monoisotopic (exact) mass is 245 g/mol. The van der Waals surface area contributed by atoms with Gasteiger partial charge in [-0.1, -0.05) is 13.8 Å². The Labute approximate surface area is 104 Å². The zero-order valence-electron chi connectivity index (χ0n) is 10.5. The van der Waals surface area contributed by atoms with Gasteiger partial charge in [0.1, 0.15) is 0 Å². The third-order valence-corrected chi connectivity index (χ3v) is 3.57. The van der Waals surface area contributed by atoms with E-state index in [1.54, 1.807) is 0 Å². The molecule has 16 heavy (non-hydrogen) atoms. The highest BCUT2D eigenvalue weighted by atomic mass is 35.5. The number of halogens is 1. The highest BCUT2D eigenvalue weighted by molar-refractivity contribution is 6.17. The second kappa shape index (κ2) is 7.16. The molecule has 0 saturated heterocycles. The first-order chi connectivity index (χ1) is 7.65. The van der Waals surface area contributed by atoms with Gasteiger partial charge >= 0.3 is 0 Å². The molecule has 1 rings (SSSR count). The molecule has 1 amide bonds. The average Bonchev–Trinajstić information content (AvgIpc) is 2.17. The minimum absolute atomic E-state index is 0.337. The highest BCUT2D eigenvalue weighted by Gasteiger charge is 2.27. The topological polar surface area (TPSA) is 20.3 Å². The molecule has 2 nitrogen and oxygen atoms in total. The van der Waals surface area contributed by atoms with Crippen molar-refractivity contribution in [3.63, 3.8) is 0 Å². The van der Waals surface area contributed by atoms with Crippen molar-refractivity contribution in [2.45, 2.75) is 58.4 Å². The summed E-state index contributed by atoms with van der Waals surface area (Å²) >= 11 is 5.71. The van der Waals surface area contributed by atoms with Crippen LogP contribution in [0.5, 0.6) is 0 Å². The van der Waals surface area contributed by atoms with Gasteiger partial charge in [-0.15, -0.1) is 11.6 Å². The van der Waals surface area contributed by atoms with Gasteiger partial charge in [-0.3, -0.25) is 4.79 Å². The predicted molar refractivity (Wildman–Crippen MR) is 68.8 cm³/mol. The van der Waals surface area contributed by atoms with Gasteiger partial charge in [-0.2, -0.15) is 0 Å². The van der Waals surface area contributed by atoms with E-state index in [-0.39, 0.29) is 0 Å². The molecule has 0 spiro atoms. The van der Waals surface area contributed by atoms with Gasteiger partial charge in [0.05, 0.1) is 0 Å². The van der Waals surface area contributed by atoms with Crippen molar-refractivity contribution in [2.75, 3.05) is 12.4 Å². The third-order valence-electron chi connectivity index (χ3n) is 3.30. The van der Waals surface area contributed by atoms with Crippen LogP contribution in [0, 0.1) is 5.92 Å². The van der Waals surface area contributed by atoms with Crippen molar-refractivity contribution in [1.82, 2.24) is 4.90 Å².